The second-order valence-corrected chi connectivity index (χ2v) is 18.9. The van der Waals surface area contributed by atoms with Crippen LogP contribution in [0, 0.1) is 12.3 Å². The van der Waals surface area contributed by atoms with Gasteiger partial charge in [0.1, 0.15) is 29.2 Å². The van der Waals surface area contributed by atoms with E-state index in [9.17, 15) is 41.5 Å². The number of ether oxygens (including phenoxy) is 1. The maximum absolute atomic E-state index is 14.0. The minimum atomic E-state index is -4.87. The first kappa shape index (κ1) is 47.9. The fraction of sp³-hybridized carbons (Fsp3) is 0.372. The van der Waals surface area contributed by atoms with Crippen molar-refractivity contribution in [2.75, 3.05) is 23.2 Å². The molecule has 1 saturated heterocycles. The Morgan fingerprint density at radius 2 is 1.72 bits per heavy atom. The molecule has 0 saturated carbocycles. The van der Waals surface area contributed by atoms with E-state index >= 15 is 0 Å². The Bertz CT molecular complexity index is 2580. The molecule has 0 bridgehead atoms. The predicted octanol–water partition coefficient (Wildman–Crippen LogP) is 5.07. The van der Waals surface area contributed by atoms with Crippen LogP contribution in [-0.4, -0.2) is 99.3 Å². The number of carbonyl (C=O) groups is 4. The quantitative estimate of drug-likeness (QED) is 0.0536. The number of primary amides is 1. The summed E-state index contributed by atoms with van der Waals surface area (Å²) in [6.07, 6.45) is 1.66. The van der Waals surface area contributed by atoms with Gasteiger partial charge in [0.25, 0.3) is 15.9 Å². The number of thiazole rings is 1. The molecule has 1 aliphatic rings. The second-order valence-electron chi connectivity index (χ2n) is 16.4. The Balaban J connectivity index is 0.959. The van der Waals surface area contributed by atoms with Crippen molar-refractivity contribution in [3.8, 4) is 27.4 Å². The number of nitrogens with two attached hydrogens (primary N) is 1. The number of aromatic amines is 1. The van der Waals surface area contributed by atoms with E-state index in [4.69, 9.17) is 10.5 Å². The van der Waals surface area contributed by atoms with E-state index < -0.39 is 57.1 Å². The number of alkyl halides is 2. The molecule has 346 valence electrons. The third-order valence-electron chi connectivity index (χ3n) is 10.4. The molecule has 4 heterocycles. The predicted molar refractivity (Wildman–Crippen MR) is 240 cm³/mol. The number of halogens is 2. The number of unbranched alkanes of at least 4 members (excludes halogenated alkanes) is 1. The highest BCUT2D eigenvalue weighted by Gasteiger charge is 2.44. The van der Waals surface area contributed by atoms with Gasteiger partial charge in [-0.1, -0.05) is 57.2 Å². The Kier molecular flexibility index (Phi) is 15.2. The highest BCUT2D eigenvalue weighted by atomic mass is 32.2. The molecule has 1 aliphatic heterocycles. The third kappa shape index (κ3) is 12.2. The van der Waals surface area contributed by atoms with Crippen LogP contribution >= 0.6 is 11.3 Å². The summed E-state index contributed by atoms with van der Waals surface area (Å²) in [6.45, 7) is 7.86. The molecule has 2 aromatic carbocycles. The summed E-state index contributed by atoms with van der Waals surface area (Å²) in [4.78, 5) is 64.0. The lowest BCUT2D eigenvalue weighted by atomic mass is 9.85. The van der Waals surface area contributed by atoms with Gasteiger partial charge in [-0.25, -0.2) is 18.4 Å². The number of benzene rings is 2. The van der Waals surface area contributed by atoms with Crippen molar-refractivity contribution in [1.29, 1.82) is 0 Å². The Labute approximate surface area is 377 Å². The number of pyridine rings is 1. The summed E-state index contributed by atoms with van der Waals surface area (Å²) < 4.78 is 56.0. The molecule has 8 N–H and O–H groups in total. The number of anilines is 3. The van der Waals surface area contributed by atoms with Crippen LogP contribution in [0.3, 0.4) is 0 Å². The number of H-pyrrole nitrogens is 1. The molecule has 0 spiro atoms. The van der Waals surface area contributed by atoms with Crippen LogP contribution in [0.5, 0.6) is 5.75 Å². The molecule has 18 nitrogen and oxygen atoms in total. The van der Waals surface area contributed by atoms with Crippen molar-refractivity contribution < 1.29 is 46.2 Å². The molecule has 1 fully saturated rings. The van der Waals surface area contributed by atoms with Crippen molar-refractivity contribution in [2.24, 2.45) is 11.1 Å². The number of carbonyl (C=O) groups excluding carboxylic acids is 4. The van der Waals surface area contributed by atoms with Crippen molar-refractivity contribution >= 4 is 62.3 Å². The average molecular weight is 937 g/mol. The fourth-order valence-corrected chi connectivity index (χ4v) is 8.41. The van der Waals surface area contributed by atoms with Gasteiger partial charge in [-0.3, -0.25) is 29.0 Å². The molecule has 6 rings (SSSR count). The van der Waals surface area contributed by atoms with Crippen LogP contribution in [0.25, 0.3) is 21.7 Å². The standard InChI is InChI=1S/C43H50F2N10O8S2/c1-24-36(64-23-49-24)27-10-8-25(9-11-27)20-48-40(59)31-19-29(56)22-55(31)41(60)37(43(2,3)4)51-33(57)7-5-6-18-63-30-16-17-32(47-21-30)50-39-34(38(46)58)35(52-53-39)26-12-14-28(15-13-26)54-65(61,62)42(44)45/h8-17,21,23,29,31,37,42,54,56H,5-7,18-20,22H2,1-4H3,(H2,46,58)(H,48,59)(H,51,57)(H2,47,50,52,53)/t29-,31+,37?/m1/s1. The number of aliphatic hydroxyl groups excluding tert-OH is 1. The van der Waals surface area contributed by atoms with Crippen LogP contribution in [0.2, 0.25) is 0 Å². The van der Waals surface area contributed by atoms with Gasteiger partial charge in [-0.2, -0.15) is 13.9 Å². The van der Waals surface area contributed by atoms with Crippen molar-refractivity contribution in [1.82, 2.24) is 35.7 Å². The number of aromatic nitrogens is 4. The van der Waals surface area contributed by atoms with Gasteiger partial charge in [0, 0.05) is 37.2 Å². The molecule has 22 heteroatoms. The monoisotopic (exact) mass is 936 g/mol. The zero-order chi connectivity index (χ0) is 47.1. The molecule has 0 radical (unpaired) electrons. The third-order valence-corrected chi connectivity index (χ3v) is 12.4. The lowest BCUT2D eigenvalue weighted by Crippen LogP contribution is -2.57. The van der Waals surface area contributed by atoms with Crippen LogP contribution in [0.4, 0.5) is 26.1 Å². The van der Waals surface area contributed by atoms with Gasteiger partial charge in [-0.15, -0.1) is 11.3 Å². The lowest BCUT2D eigenvalue weighted by molar-refractivity contribution is -0.144. The number of aliphatic hydroxyl groups is 1. The maximum Gasteiger partial charge on any atom is 0.355 e. The molecule has 3 atom stereocenters. The number of nitrogens with one attached hydrogen (secondary N) is 5. The lowest BCUT2D eigenvalue weighted by Gasteiger charge is -2.35. The molecule has 65 heavy (non-hydrogen) atoms. The van der Waals surface area contributed by atoms with Gasteiger partial charge in [-0.05, 0) is 60.6 Å². The normalized spacial score (nSPS) is 15.7. The first-order chi connectivity index (χ1) is 30.8. The molecule has 0 aliphatic carbocycles. The fourth-order valence-electron chi connectivity index (χ4n) is 7.05. The molecule has 3 aromatic heterocycles. The minimum absolute atomic E-state index is 0.0335. The van der Waals surface area contributed by atoms with Crippen LogP contribution in [-0.2, 0) is 31.0 Å². The van der Waals surface area contributed by atoms with Gasteiger partial charge in [0.15, 0.2) is 5.82 Å². The Hall–Kier alpha value is -6.52. The summed E-state index contributed by atoms with van der Waals surface area (Å²) in [5.41, 5.74) is 9.99. The summed E-state index contributed by atoms with van der Waals surface area (Å²) in [5.74, 6) is -4.89. The smallest absolute Gasteiger partial charge is 0.355 e. The second kappa shape index (κ2) is 20.5. The summed E-state index contributed by atoms with van der Waals surface area (Å²) in [7, 11) is -4.87. The first-order valence-corrected chi connectivity index (χ1v) is 22.9. The summed E-state index contributed by atoms with van der Waals surface area (Å²) >= 11 is 1.56. The van der Waals surface area contributed by atoms with Gasteiger partial charge in [0.05, 0.1) is 40.7 Å². The number of amides is 4. The molecule has 5 aromatic rings. The van der Waals surface area contributed by atoms with Crippen molar-refractivity contribution in [3.63, 3.8) is 0 Å². The van der Waals surface area contributed by atoms with Crippen molar-refractivity contribution in [3.05, 3.63) is 89.2 Å². The first-order valence-electron chi connectivity index (χ1n) is 20.5. The zero-order valence-electron chi connectivity index (χ0n) is 35.9. The number of rotatable bonds is 19. The van der Waals surface area contributed by atoms with Crippen LogP contribution in [0.15, 0.2) is 72.4 Å². The van der Waals surface area contributed by atoms with Crippen molar-refractivity contribution in [2.45, 2.75) is 83.9 Å². The maximum atomic E-state index is 14.0. The van der Waals surface area contributed by atoms with Gasteiger partial charge in [0.2, 0.25) is 17.7 Å². The van der Waals surface area contributed by atoms with Crippen LogP contribution < -0.4 is 31.1 Å². The number of likely N-dealkylation sites (tertiary alicyclic amines) is 1. The molecular weight excluding hydrogens is 887 g/mol. The Morgan fingerprint density at radius 1 is 1.02 bits per heavy atom. The topological polar surface area (TPSA) is 264 Å². The van der Waals surface area contributed by atoms with Gasteiger partial charge < -0.3 is 36.4 Å². The Morgan fingerprint density at radius 3 is 2.34 bits per heavy atom. The molecule has 1 unspecified atom stereocenters. The number of hydrogen-bond acceptors (Lipinski definition) is 13. The number of nitrogens with zero attached hydrogens (tertiary/aromatic N) is 4. The van der Waals surface area contributed by atoms with Crippen LogP contribution in [0.1, 0.15) is 68.1 Å². The molecular formula is C43H50F2N10O8S2. The summed E-state index contributed by atoms with van der Waals surface area (Å²) in [6, 6.07) is 14.4. The molecule has 4 amide bonds. The average Bonchev–Trinajstić information content (AvgIpc) is 4.00. The van der Waals surface area contributed by atoms with E-state index in [-0.39, 0.29) is 67.0 Å². The van der Waals surface area contributed by atoms with E-state index in [1.165, 1.54) is 35.4 Å². The van der Waals surface area contributed by atoms with E-state index in [1.54, 1.807) is 33.7 Å². The van der Waals surface area contributed by atoms with Gasteiger partial charge >= 0.3 is 5.76 Å². The number of β-amino-alcohol motifs (C(OH)–C–C–N with tert-alkyl or cyclic N) is 1. The summed E-state index contributed by atoms with van der Waals surface area (Å²) in [5, 5.41) is 26.1. The largest absolute Gasteiger partial charge is 0.492 e. The SMILES string of the molecule is Cc1ncsc1-c1ccc(CNC(=O)[C@@H]2C[C@@H](O)CN2C(=O)C(NC(=O)CCCCOc2ccc(Nc3n[nH]c(-c4ccc(NS(=O)(=O)C(F)F)cc4)c3C(N)=O)nc2)C(C)(C)C)cc1. The number of hydrogen-bond donors (Lipinski definition) is 7. The van der Waals surface area contributed by atoms with E-state index in [1.807, 2.05) is 52.0 Å². The minimum Gasteiger partial charge on any atom is -0.492 e. The highest BCUT2D eigenvalue weighted by Crippen LogP contribution is 2.31. The highest BCUT2D eigenvalue weighted by molar-refractivity contribution is 7.93. The zero-order valence-corrected chi connectivity index (χ0v) is 37.6. The number of aryl methyl sites for hydroxylation is 1. The van der Waals surface area contributed by atoms with E-state index in [0.717, 1.165) is 21.7 Å². The van der Waals surface area contributed by atoms with E-state index in [2.05, 4.69) is 36.1 Å². The number of sulfonamides is 1. The van der Waals surface area contributed by atoms with E-state index in [0.29, 0.717) is 24.2 Å².